The summed E-state index contributed by atoms with van der Waals surface area (Å²) in [7, 11) is 5.16. The van der Waals surface area contributed by atoms with Crippen molar-refractivity contribution in [3.8, 4) is 0 Å². The molecule has 0 amide bonds. The molecule has 0 saturated carbocycles. The highest BCUT2D eigenvalue weighted by Gasteiger charge is 1.93. The van der Waals surface area contributed by atoms with Gasteiger partial charge in [-0.15, -0.1) is 18.5 Å². The summed E-state index contributed by atoms with van der Waals surface area (Å²) in [5.74, 6) is 0.650. The fraction of sp³-hybridized carbons (Fsp3) is 0.200. The summed E-state index contributed by atoms with van der Waals surface area (Å²) in [4.78, 5) is 7.94. The standard InChI is InChI=1S/C5H9N3P2/c9-5(10)8-4-6-2-1-3-7-4/h1-3,5H,9-10H2,(H,6,7,8). The topological polar surface area (TPSA) is 37.8 Å². The molecule has 5 heteroatoms. The molecule has 2 atom stereocenters. The zero-order valence-electron chi connectivity index (χ0n) is 5.36. The van der Waals surface area contributed by atoms with Crippen LogP contribution in [-0.2, 0) is 0 Å². The van der Waals surface area contributed by atoms with E-state index in [0.29, 0.717) is 5.95 Å². The van der Waals surface area contributed by atoms with Crippen LogP contribution in [0, 0.1) is 0 Å². The van der Waals surface area contributed by atoms with Gasteiger partial charge in [-0.3, -0.25) is 0 Å². The van der Waals surface area contributed by atoms with Gasteiger partial charge < -0.3 is 5.32 Å². The molecule has 10 heavy (non-hydrogen) atoms. The first-order chi connectivity index (χ1) is 4.79. The van der Waals surface area contributed by atoms with Crippen LogP contribution in [0.1, 0.15) is 0 Å². The number of hydrogen-bond donors (Lipinski definition) is 1. The second-order valence-corrected chi connectivity index (χ2v) is 3.95. The molecule has 2 unspecified atom stereocenters. The molecular weight excluding hydrogens is 164 g/mol. The third-order valence-corrected chi connectivity index (χ3v) is 1.19. The number of hydrogen-bond acceptors (Lipinski definition) is 3. The molecule has 1 aromatic heterocycles. The van der Waals surface area contributed by atoms with E-state index in [1.165, 1.54) is 0 Å². The number of rotatable bonds is 2. The van der Waals surface area contributed by atoms with E-state index in [-0.39, 0.29) is 5.52 Å². The Kier molecular flexibility index (Phi) is 2.98. The van der Waals surface area contributed by atoms with Crippen molar-refractivity contribution in [3.63, 3.8) is 0 Å². The van der Waals surface area contributed by atoms with Crippen molar-refractivity contribution < 1.29 is 0 Å². The zero-order valence-corrected chi connectivity index (χ0v) is 7.67. The molecule has 1 N–H and O–H groups in total. The van der Waals surface area contributed by atoms with Crippen molar-refractivity contribution in [2.24, 2.45) is 0 Å². The van der Waals surface area contributed by atoms with Crippen LogP contribution in [0.15, 0.2) is 18.5 Å². The number of aromatic nitrogens is 2. The lowest BCUT2D eigenvalue weighted by atomic mass is 10.7. The Morgan fingerprint density at radius 2 is 1.90 bits per heavy atom. The van der Waals surface area contributed by atoms with Crippen molar-refractivity contribution in [2.45, 2.75) is 5.52 Å². The van der Waals surface area contributed by atoms with Crippen molar-refractivity contribution in [1.29, 1.82) is 0 Å². The molecule has 0 bridgehead atoms. The first kappa shape index (κ1) is 7.84. The van der Waals surface area contributed by atoms with E-state index in [2.05, 4.69) is 33.8 Å². The molecule has 3 nitrogen and oxygen atoms in total. The maximum Gasteiger partial charge on any atom is 0.223 e. The average molecular weight is 173 g/mol. The molecule has 1 heterocycles. The van der Waals surface area contributed by atoms with E-state index < -0.39 is 0 Å². The molecule has 0 aliphatic rings. The number of anilines is 1. The monoisotopic (exact) mass is 173 g/mol. The van der Waals surface area contributed by atoms with Gasteiger partial charge in [0.2, 0.25) is 5.95 Å². The molecule has 0 aromatic carbocycles. The highest BCUT2D eigenvalue weighted by atomic mass is 31.1. The maximum absolute atomic E-state index is 3.97. The SMILES string of the molecule is PC(P)Nc1ncccn1. The Morgan fingerprint density at radius 3 is 2.40 bits per heavy atom. The maximum atomic E-state index is 3.97. The summed E-state index contributed by atoms with van der Waals surface area (Å²) in [6.07, 6.45) is 3.40. The lowest BCUT2D eigenvalue weighted by molar-refractivity contribution is 1.13. The zero-order chi connectivity index (χ0) is 7.40. The first-order valence-corrected chi connectivity index (χ1v) is 4.17. The Morgan fingerprint density at radius 1 is 1.30 bits per heavy atom. The smallest absolute Gasteiger partial charge is 0.223 e. The van der Waals surface area contributed by atoms with Gasteiger partial charge in [-0.2, -0.15) is 0 Å². The molecule has 54 valence electrons. The van der Waals surface area contributed by atoms with Crippen LogP contribution in [0.5, 0.6) is 0 Å². The quantitative estimate of drug-likeness (QED) is 0.676. The van der Waals surface area contributed by atoms with Crippen LogP contribution in [-0.4, -0.2) is 15.5 Å². The Hall–Kier alpha value is -0.260. The minimum Gasteiger partial charge on any atom is -0.345 e. The molecule has 0 aliphatic carbocycles. The van der Waals surface area contributed by atoms with Crippen LogP contribution in [0.2, 0.25) is 0 Å². The van der Waals surface area contributed by atoms with Crippen molar-refractivity contribution in [2.75, 3.05) is 5.32 Å². The summed E-state index contributed by atoms with van der Waals surface area (Å²) in [5.41, 5.74) is 0.224. The van der Waals surface area contributed by atoms with Crippen molar-refractivity contribution in [1.82, 2.24) is 9.97 Å². The van der Waals surface area contributed by atoms with Gasteiger partial charge in [0.05, 0.1) is 5.52 Å². The predicted molar refractivity (Wildman–Crippen MR) is 48.9 cm³/mol. The van der Waals surface area contributed by atoms with Gasteiger partial charge in [-0.25, -0.2) is 9.97 Å². The van der Waals surface area contributed by atoms with Crippen LogP contribution in [0.3, 0.4) is 0 Å². The molecule has 1 aromatic rings. The van der Waals surface area contributed by atoms with Crippen LogP contribution >= 0.6 is 18.5 Å². The van der Waals surface area contributed by atoms with Crippen LogP contribution in [0.4, 0.5) is 5.95 Å². The van der Waals surface area contributed by atoms with Gasteiger partial charge in [0.25, 0.3) is 0 Å². The van der Waals surface area contributed by atoms with E-state index in [4.69, 9.17) is 0 Å². The summed E-state index contributed by atoms with van der Waals surface area (Å²) in [6.45, 7) is 0. The fourth-order valence-corrected chi connectivity index (χ4v) is 0.821. The van der Waals surface area contributed by atoms with E-state index in [9.17, 15) is 0 Å². The highest BCUT2D eigenvalue weighted by Crippen LogP contribution is 2.09. The summed E-state index contributed by atoms with van der Waals surface area (Å²) in [5, 5.41) is 3.01. The predicted octanol–water partition coefficient (Wildman–Crippen LogP) is 0.922. The lowest BCUT2D eigenvalue weighted by Gasteiger charge is -2.05. The van der Waals surface area contributed by atoms with Crippen molar-refractivity contribution >= 4 is 24.4 Å². The van der Waals surface area contributed by atoms with E-state index in [1.807, 2.05) is 0 Å². The number of nitrogens with one attached hydrogen (secondary N) is 1. The molecule has 0 radical (unpaired) electrons. The Balaban J connectivity index is 2.59. The normalized spacial score (nSPS) is 9.90. The van der Waals surface area contributed by atoms with Gasteiger partial charge in [0.15, 0.2) is 0 Å². The molecule has 0 fully saturated rings. The minimum atomic E-state index is 0.224. The minimum absolute atomic E-state index is 0.224. The number of nitrogens with zero attached hydrogens (tertiary/aromatic N) is 2. The van der Waals surface area contributed by atoms with Crippen LogP contribution in [0.25, 0.3) is 0 Å². The van der Waals surface area contributed by atoms with Crippen molar-refractivity contribution in [3.05, 3.63) is 18.5 Å². The Labute approximate surface area is 64.4 Å². The third-order valence-electron chi connectivity index (χ3n) is 0.862. The fourth-order valence-electron chi connectivity index (χ4n) is 0.523. The van der Waals surface area contributed by atoms with E-state index >= 15 is 0 Å². The highest BCUT2D eigenvalue weighted by molar-refractivity contribution is 7.38. The second kappa shape index (κ2) is 3.80. The summed E-state index contributed by atoms with van der Waals surface area (Å²) >= 11 is 0. The molecule has 0 spiro atoms. The summed E-state index contributed by atoms with van der Waals surface area (Å²) < 4.78 is 0. The molecular formula is C5H9N3P2. The average Bonchev–Trinajstić information content (AvgIpc) is 1.88. The third kappa shape index (κ3) is 2.55. The Bertz CT molecular complexity index is 189. The van der Waals surface area contributed by atoms with Gasteiger partial charge in [0.1, 0.15) is 0 Å². The second-order valence-electron chi connectivity index (χ2n) is 1.74. The van der Waals surface area contributed by atoms with Gasteiger partial charge >= 0.3 is 0 Å². The van der Waals surface area contributed by atoms with Gasteiger partial charge in [-0.05, 0) is 6.07 Å². The lowest BCUT2D eigenvalue weighted by Crippen LogP contribution is -2.05. The largest absolute Gasteiger partial charge is 0.345 e. The van der Waals surface area contributed by atoms with Gasteiger partial charge in [0, 0.05) is 12.4 Å². The summed E-state index contributed by atoms with van der Waals surface area (Å²) in [6, 6.07) is 1.78. The van der Waals surface area contributed by atoms with Crippen LogP contribution < -0.4 is 5.32 Å². The first-order valence-electron chi connectivity index (χ1n) is 2.84. The molecule has 1 rings (SSSR count). The van der Waals surface area contributed by atoms with Gasteiger partial charge in [-0.1, -0.05) is 0 Å². The molecule has 0 aliphatic heterocycles. The van der Waals surface area contributed by atoms with E-state index in [1.54, 1.807) is 18.5 Å². The van der Waals surface area contributed by atoms with E-state index in [0.717, 1.165) is 0 Å². The molecule has 0 saturated heterocycles.